The van der Waals surface area contributed by atoms with Gasteiger partial charge in [-0.1, -0.05) is 74.1 Å². The summed E-state index contributed by atoms with van der Waals surface area (Å²) in [5, 5.41) is 20.8. The number of aliphatic hydroxyl groups is 2. The zero-order chi connectivity index (χ0) is 24.2. The molecule has 1 fully saturated rings. The molecule has 0 saturated carbocycles. The van der Waals surface area contributed by atoms with Crippen LogP contribution in [0.25, 0.3) is 0 Å². The van der Waals surface area contributed by atoms with E-state index in [1.165, 1.54) is 6.08 Å². The van der Waals surface area contributed by atoms with E-state index in [4.69, 9.17) is 9.47 Å². The number of carbonyl (C=O) groups excluding carboxylic acids is 1. The van der Waals surface area contributed by atoms with Crippen molar-refractivity contribution < 1.29 is 24.5 Å². The van der Waals surface area contributed by atoms with Crippen molar-refractivity contribution in [3.05, 3.63) is 72.4 Å². The van der Waals surface area contributed by atoms with Crippen molar-refractivity contribution in [1.29, 1.82) is 0 Å². The molecule has 2 N–H and O–H groups in total. The Morgan fingerprint density at radius 3 is 2.79 bits per heavy atom. The molecule has 2 heterocycles. The summed E-state index contributed by atoms with van der Waals surface area (Å²) in [6.45, 7) is 8.11. The molecule has 2 aliphatic heterocycles. The molecule has 0 radical (unpaired) electrons. The monoisotopic (exact) mass is 456 g/mol. The number of hydrogen-bond acceptors (Lipinski definition) is 5. The van der Waals surface area contributed by atoms with Gasteiger partial charge in [-0.25, -0.2) is 4.79 Å². The van der Waals surface area contributed by atoms with Gasteiger partial charge < -0.3 is 19.7 Å². The van der Waals surface area contributed by atoms with E-state index in [-0.39, 0.29) is 24.1 Å². The van der Waals surface area contributed by atoms with Crippen LogP contribution >= 0.6 is 0 Å². The number of ether oxygens (including phenoxy) is 2. The van der Waals surface area contributed by atoms with E-state index in [0.29, 0.717) is 18.8 Å². The zero-order valence-corrected chi connectivity index (χ0v) is 20.3. The average Bonchev–Trinajstić information content (AvgIpc) is 2.79. The van der Waals surface area contributed by atoms with Crippen LogP contribution in [0.4, 0.5) is 0 Å². The van der Waals surface area contributed by atoms with Crippen molar-refractivity contribution in [2.75, 3.05) is 0 Å². The lowest BCUT2D eigenvalue weighted by molar-refractivity contribution is -0.141. The van der Waals surface area contributed by atoms with Crippen molar-refractivity contribution in [1.82, 2.24) is 0 Å². The molecule has 7 unspecified atom stereocenters. The number of hydrogen-bond donors (Lipinski definition) is 2. The highest BCUT2D eigenvalue weighted by Gasteiger charge is 2.35. The van der Waals surface area contributed by atoms with Crippen molar-refractivity contribution in [3.8, 4) is 0 Å². The van der Waals surface area contributed by atoms with E-state index in [0.717, 1.165) is 18.4 Å². The number of esters is 1. The second kappa shape index (κ2) is 14.1. The van der Waals surface area contributed by atoms with E-state index >= 15 is 0 Å². The second-order valence-electron chi connectivity index (χ2n) is 8.92. The summed E-state index contributed by atoms with van der Waals surface area (Å²) >= 11 is 0. The van der Waals surface area contributed by atoms with Gasteiger partial charge in [-0.15, -0.1) is 0 Å². The molecule has 5 heteroatoms. The topological polar surface area (TPSA) is 76.0 Å². The predicted molar refractivity (Wildman–Crippen MR) is 132 cm³/mol. The molecule has 0 bridgehead atoms. The van der Waals surface area contributed by atoms with Crippen molar-refractivity contribution >= 4 is 5.97 Å². The maximum absolute atomic E-state index is 11.3. The lowest BCUT2D eigenvalue weighted by Gasteiger charge is -2.38. The molecule has 182 valence electrons. The quantitative estimate of drug-likeness (QED) is 0.275. The summed E-state index contributed by atoms with van der Waals surface area (Å²) < 4.78 is 11.2. The summed E-state index contributed by atoms with van der Waals surface area (Å²) in [7, 11) is 0. The van der Waals surface area contributed by atoms with Crippen LogP contribution < -0.4 is 0 Å². The van der Waals surface area contributed by atoms with Crippen LogP contribution in [0, 0.1) is 11.8 Å². The van der Waals surface area contributed by atoms with Gasteiger partial charge in [0.15, 0.2) is 0 Å². The van der Waals surface area contributed by atoms with Gasteiger partial charge in [0.1, 0.15) is 6.10 Å². The van der Waals surface area contributed by atoms with Crippen LogP contribution in [0.5, 0.6) is 0 Å². The third-order valence-electron chi connectivity index (χ3n) is 6.17. The molecular formula is C28H40O5. The van der Waals surface area contributed by atoms with E-state index in [2.05, 4.69) is 26.0 Å². The molecule has 0 spiro atoms. The largest absolute Gasteiger partial charge is 0.455 e. The van der Waals surface area contributed by atoms with Crippen molar-refractivity contribution in [2.45, 2.75) is 83.9 Å². The highest BCUT2D eigenvalue weighted by molar-refractivity contribution is 5.82. The van der Waals surface area contributed by atoms with Crippen molar-refractivity contribution in [2.24, 2.45) is 11.8 Å². The molecule has 1 saturated heterocycles. The Bertz CT molecular complexity index is 788. The van der Waals surface area contributed by atoms with Gasteiger partial charge in [-0.05, 0) is 38.7 Å². The number of aliphatic hydroxyl groups excluding tert-OH is 2. The number of allylic oxidation sites excluding steroid dienone is 7. The minimum Gasteiger partial charge on any atom is -0.455 e. The van der Waals surface area contributed by atoms with Gasteiger partial charge in [0.25, 0.3) is 0 Å². The fraction of sp³-hybridized carbons (Fsp3) is 0.536. The summed E-state index contributed by atoms with van der Waals surface area (Å²) in [5.74, 6) is 0.129. The van der Waals surface area contributed by atoms with Crippen molar-refractivity contribution in [3.63, 3.8) is 0 Å². The van der Waals surface area contributed by atoms with Crippen LogP contribution in [0.1, 0.15) is 53.4 Å². The first-order valence-corrected chi connectivity index (χ1v) is 12.1. The first-order valence-electron chi connectivity index (χ1n) is 12.1. The summed E-state index contributed by atoms with van der Waals surface area (Å²) in [5.41, 5.74) is 1.14. The number of cyclic esters (lactones) is 1. The number of rotatable bonds is 10. The van der Waals surface area contributed by atoms with Gasteiger partial charge >= 0.3 is 5.97 Å². The van der Waals surface area contributed by atoms with Crippen LogP contribution in [-0.4, -0.2) is 46.7 Å². The predicted octanol–water partition coefficient (Wildman–Crippen LogP) is 4.98. The molecule has 0 aliphatic carbocycles. The lowest BCUT2D eigenvalue weighted by Crippen LogP contribution is -2.46. The summed E-state index contributed by atoms with van der Waals surface area (Å²) in [4.78, 5) is 11.3. The standard InChI is InChI=1S/C28H40O5/c1-5-11-26-21(4)25(30)19-27(33-26)24(29)14-9-7-8-12-22(6-2)18-20(3)16-17-23-13-10-15-28(31)32-23/h5,7-11,14-18,21-27,29-30H,6,12-13,19H2,1-4H3. The molecule has 0 aromatic carbocycles. The molecule has 0 aromatic heterocycles. The lowest BCUT2D eigenvalue weighted by atomic mass is 9.88. The maximum atomic E-state index is 11.3. The van der Waals surface area contributed by atoms with Crippen LogP contribution in [0.2, 0.25) is 0 Å². The molecule has 5 nitrogen and oxygen atoms in total. The second-order valence-corrected chi connectivity index (χ2v) is 8.92. The minimum absolute atomic E-state index is 0.0142. The van der Waals surface area contributed by atoms with Crippen LogP contribution in [0.15, 0.2) is 72.4 Å². The molecule has 33 heavy (non-hydrogen) atoms. The third-order valence-corrected chi connectivity index (χ3v) is 6.17. The van der Waals surface area contributed by atoms with E-state index < -0.39 is 18.3 Å². The summed E-state index contributed by atoms with van der Waals surface area (Å²) in [6, 6.07) is 0. The Morgan fingerprint density at radius 2 is 2.09 bits per heavy atom. The Balaban J connectivity index is 1.82. The molecule has 0 amide bonds. The first-order chi connectivity index (χ1) is 15.8. The Hall–Kier alpha value is -2.21. The van der Waals surface area contributed by atoms with E-state index in [1.807, 2.05) is 56.4 Å². The van der Waals surface area contributed by atoms with Crippen LogP contribution in [0.3, 0.4) is 0 Å². The zero-order valence-electron chi connectivity index (χ0n) is 20.3. The van der Waals surface area contributed by atoms with Gasteiger partial charge in [0.2, 0.25) is 0 Å². The van der Waals surface area contributed by atoms with E-state index in [1.54, 1.807) is 6.08 Å². The fourth-order valence-corrected chi connectivity index (χ4v) is 4.01. The molecule has 0 aromatic rings. The highest BCUT2D eigenvalue weighted by atomic mass is 16.5. The molecule has 7 atom stereocenters. The molecular weight excluding hydrogens is 416 g/mol. The third kappa shape index (κ3) is 9.28. The number of carbonyl (C=O) groups is 1. The fourth-order valence-electron chi connectivity index (χ4n) is 4.01. The highest BCUT2D eigenvalue weighted by Crippen LogP contribution is 2.28. The van der Waals surface area contributed by atoms with E-state index in [9.17, 15) is 15.0 Å². The average molecular weight is 457 g/mol. The SMILES string of the molecule is CC=CC1OC(C(O)C=CC=CCC(C=C(C)C=CC2CC=CC(=O)O2)CC)CC(O)C1C. The Kier molecular flexibility index (Phi) is 11.6. The Morgan fingerprint density at radius 1 is 1.30 bits per heavy atom. The first kappa shape index (κ1) is 27.0. The van der Waals surface area contributed by atoms with Crippen LogP contribution in [-0.2, 0) is 14.3 Å². The molecule has 2 rings (SSSR count). The van der Waals surface area contributed by atoms with Gasteiger partial charge in [-0.3, -0.25) is 0 Å². The normalized spacial score (nSPS) is 31.2. The van der Waals surface area contributed by atoms with Gasteiger partial charge in [-0.2, -0.15) is 0 Å². The Labute approximate surface area is 198 Å². The smallest absolute Gasteiger partial charge is 0.331 e. The van der Waals surface area contributed by atoms with Gasteiger partial charge in [0.05, 0.1) is 24.4 Å². The van der Waals surface area contributed by atoms with Gasteiger partial charge in [0, 0.05) is 24.8 Å². The minimum atomic E-state index is -0.762. The molecule has 2 aliphatic rings. The maximum Gasteiger partial charge on any atom is 0.331 e. The summed E-state index contributed by atoms with van der Waals surface area (Å²) in [6.07, 6.45) is 22.0.